The molecule has 0 amide bonds. The lowest BCUT2D eigenvalue weighted by atomic mass is 10.1. The fourth-order valence-corrected chi connectivity index (χ4v) is 1.93. The van der Waals surface area contributed by atoms with E-state index in [1.807, 2.05) is 18.2 Å². The van der Waals surface area contributed by atoms with E-state index in [2.05, 4.69) is 15.3 Å². The van der Waals surface area contributed by atoms with Gasteiger partial charge in [-0.1, -0.05) is 6.07 Å². The zero-order valence-electron chi connectivity index (χ0n) is 9.73. The Hall–Kier alpha value is -2.07. The van der Waals surface area contributed by atoms with E-state index in [0.717, 1.165) is 29.2 Å². The van der Waals surface area contributed by atoms with Crippen LogP contribution in [0.2, 0.25) is 0 Å². The van der Waals surface area contributed by atoms with E-state index in [4.69, 9.17) is 0 Å². The van der Waals surface area contributed by atoms with Gasteiger partial charge in [0, 0.05) is 12.1 Å². The van der Waals surface area contributed by atoms with Gasteiger partial charge in [0.1, 0.15) is 5.82 Å². The van der Waals surface area contributed by atoms with Crippen LogP contribution in [0.5, 0.6) is 0 Å². The summed E-state index contributed by atoms with van der Waals surface area (Å²) >= 11 is 0. The smallest absolute Gasteiger partial charge is 0.123 e. The summed E-state index contributed by atoms with van der Waals surface area (Å²) < 4.78 is 12.9. The van der Waals surface area contributed by atoms with Gasteiger partial charge in [0.25, 0.3) is 0 Å². The van der Waals surface area contributed by atoms with Gasteiger partial charge in [-0.15, -0.1) is 0 Å². The van der Waals surface area contributed by atoms with E-state index in [1.165, 1.54) is 12.1 Å². The van der Waals surface area contributed by atoms with Crippen LogP contribution in [-0.4, -0.2) is 23.9 Å². The van der Waals surface area contributed by atoms with Crippen molar-refractivity contribution >= 4 is 5.71 Å². The third-order valence-electron chi connectivity index (χ3n) is 2.86. The number of rotatable bonds is 2. The van der Waals surface area contributed by atoms with E-state index >= 15 is 0 Å². The third-order valence-corrected chi connectivity index (χ3v) is 2.86. The quantitative estimate of drug-likeness (QED) is 0.875. The van der Waals surface area contributed by atoms with Gasteiger partial charge >= 0.3 is 0 Å². The van der Waals surface area contributed by atoms with Crippen LogP contribution in [0, 0.1) is 5.82 Å². The van der Waals surface area contributed by atoms with Crippen molar-refractivity contribution in [2.45, 2.75) is 0 Å². The molecular weight excluding hydrogens is 229 g/mol. The molecule has 0 saturated heterocycles. The number of halogens is 1. The lowest BCUT2D eigenvalue weighted by Gasteiger charge is -2.04. The molecule has 1 aromatic carbocycles. The van der Waals surface area contributed by atoms with Crippen LogP contribution >= 0.6 is 0 Å². The Balaban J connectivity index is 1.98. The number of nitrogens with zero attached hydrogens (tertiary/aromatic N) is 2. The number of nitrogens with one attached hydrogen (secondary N) is 1. The molecule has 0 radical (unpaired) electrons. The van der Waals surface area contributed by atoms with E-state index in [-0.39, 0.29) is 5.82 Å². The fraction of sp³-hybridized carbons (Fsp3) is 0.143. The monoisotopic (exact) mass is 241 g/mol. The zero-order chi connectivity index (χ0) is 12.4. The summed E-state index contributed by atoms with van der Waals surface area (Å²) in [6.07, 6.45) is 0. The van der Waals surface area contributed by atoms with Crippen molar-refractivity contribution < 1.29 is 4.39 Å². The normalized spacial score (nSPS) is 14.6. The van der Waals surface area contributed by atoms with Gasteiger partial charge in [0.05, 0.1) is 23.8 Å². The van der Waals surface area contributed by atoms with Crippen molar-refractivity contribution in [1.82, 2.24) is 10.3 Å². The fourth-order valence-electron chi connectivity index (χ4n) is 1.93. The Bertz CT molecular complexity index is 590. The first kappa shape index (κ1) is 11.0. The van der Waals surface area contributed by atoms with E-state index in [9.17, 15) is 4.39 Å². The molecule has 0 spiro atoms. The van der Waals surface area contributed by atoms with Crippen molar-refractivity contribution in [3.63, 3.8) is 0 Å². The minimum atomic E-state index is -0.237. The van der Waals surface area contributed by atoms with Crippen LogP contribution in [0.1, 0.15) is 5.69 Å². The summed E-state index contributed by atoms with van der Waals surface area (Å²) in [4.78, 5) is 8.90. The Morgan fingerprint density at radius 1 is 1.00 bits per heavy atom. The average Bonchev–Trinajstić information content (AvgIpc) is 2.94. The van der Waals surface area contributed by atoms with Crippen LogP contribution in [0.4, 0.5) is 4.39 Å². The van der Waals surface area contributed by atoms with Crippen LogP contribution < -0.4 is 5.32 Å². The van der Waals surface area contributed by atoms with E-state index in [0.29, 0.717) is 6.67 Å². The SMILES string of the molecule is Fc1ccc(-c2cccc(C3=NCNC3)n2)cc1. The number of aliphatic imine (C=N–C) groups is 1. The van der Waals surface area contributed by atoms with Crippen molar-refractivity contribution in [2.75, 3.05) is 13.2 Å². The van der Waals surface area contributed by atoms with Crippen molar-refractivity contribution in [3.8, 4) is 11.3 Å². The van der Waals surface area contributed by atoms with Gasteiger partial charge in [0.15, 0.2) is 0 Å². The largest absolute Gasteiger partial charge is 0.293 e. The topological polar surface area (TPSA) is 37.3 Å². The zero-order valence-corrected chi connectivity index (χ0v) is 9.73. The highest BCUT2D eigenvalue weighted by Gasteiger charge is 2.10. The predicted octanol–water partition coefficient (Wildman–Crippen LogP) is 2.24. The molecule has 18 heavy (non-hydrogen) atoms. The molecule has 1 aliphatic heterocycles. The van der Waals surface area contributed by atoms with Crippen LogP contribution in [0.15, 0.2) is 47.5 Å². The molecule has 0 saturated carbocycles. The summed E-state index contributed by atoms with van der Waals surface area (Å²) in [7, 11) is 0. The Labute approximate surface area is 104 Å². The number of pyridine rings is 1. The lowest BCUT2D eigenvalue weighted by molar-refractivity contribution is 0.628. The molecule has 2 heterocycles. The molecule has 1 aromatic heterocycles. The van der Waals surface area contributed by atoms with Gasteiger partial charge in [-0.25, -0.2) is 9.37 Å². The van der Waals surface area contributed by atoms with Gasteiger partial charge < -0.3 is 0 Å². The van der Waals surface area contributed by atoms with Gasteiger partial charge in [-0.3, -0.25) is 10.3 Å². The third kappa shape index (κ3) is 2.15. The Morgan fingerprint density at radius 2 is 1.78 bits per heavy atom. The first-order valence-corrected chi connectivity index (χ1v) is 5.80. The molecule has 0 fully saturated rings. The van der Waals surface area contributed by atoms with Crippen molar-refractivity contribution in [3.05, 3.63) is 54.0 Å². The molecule has 2 aromatic rings. The molecule has 1 N–H and O–H groups in total. The second kappa shape index (κ2) is 4.66. The average molecular weight is 241 g/mol. The summed E-state index contributed by atoms with van der Waals surface area (Å²) in [6, 6.07) is 12.2. The molecule has 0 aliphatic carbocycles. The number of hydrogen-bond donors (Lipinski definition) is 1. The lowest BCUT2D eigenvalue weighted by Crippen LogP contribution is -2.15. The second-order valence-electron chi connectivity index (χ2n) is 4.10. The van der Waals surface area contributed by atoms with E-state index < -0.39 is 0 Å². The van der Waals surface area contributed by atoms with Gasteiger partial charge in [0.2, 0.25) is 0 Å². The van der Waals surface area contributed by atoms with Crippen molar-refractivity contribution in [2.24, 2.45) is 4.99 Å². The van der Waals surface area contributed by atoms with Crippen molar-refractivity contribution in [1.29, 1.82) is 0 Å². The molecular formula is C14H12FN3. The Kier molecular flexibility index (Phi) is 2.86. The Morgan fingerprint density at radius 3 is 2.50 bits per heavy atom. The number of hydrogen-bond acceptors (Lipinski definition) is 3. The highest BCUT2D eigenvalue weighted by molar-refractivity contribution is 6.01. The van der Waals surface area contributed by atoms with E-state index in [1.54, 1.807) is 12.1 Å². The summed E-state index contributed by atoms with van der Waals surface area (Å²) in [5, 5.41) is 3.14. The molecule has 0 unspecified atom stereocenters. The molecule has 0 bridgehead atoms. The van der Waals surface area contributed by atoms with Crippen LogP contribution in [0.25, 0.3) is 11.3 Å². The summed E-state index contributed by atoms with van der Waals surface area (Å²) in [5.41, 5.74) is 3.59. The first-order valence-electron chi connectivity index (χ1n) is 5.80. The highest BCUT2D eigenvalue weighted by atomic mass is 19.1. The highest BCUT2D eigenvalue weighted by Crippen LogP contribution is 2.18. The molecule has 0 atom stereocenters. The molecule has 3 nitrogen and oxygen atoms in total. The number of benzene rings is 1. The minimum Gasteiger partial charge on any atom is -0.293 e. The van der Waals surface area contributed by atoms with Gasteiger partial charge in [-0.05, 0) is 36.4 Å². The summed E-state index contributed by atoms with van der Waals surface area (Å²) in [6.45, 7) is 1.40. The maximum atomic E-state index is 12.9. The standard InChI is InChI=1S/C14H12FN3/c15-11-6-4-10(5-7-11)12-2-1-3-13(18-12)14-8-16-9-17-14/h1-7,16H,8-9H2. The maximum Gasteiger partial charge on any atom is 0.123 e. The second-order valence-corrected chi connectivity index (χ2v) is 4.10. The maximum absolute atomic E-state index is 12.9. The van der Waals surface area contributed by atoms with Gasteiger partial charge in [-0.2, -0.15) is 0 Å². The number of aromatic nitrogens is 1. The predicted molar refractivity (Wildman–Crippen MR) is 69.0 cm³/mol. The molecule has 4 heteroatoms. The first-order chi connectivity index (χ1) is 8.83. The minimum absolute atomic E-state index is 0.237. The van der Waals surface area contributed by atoms with Crippen LogP contribution in [0.3, 0.4) is 0 Å². The molecule has 90 valence electrons. The molecule has 1 aliphatic rings. The molecule has 3 rings (SSSR count). The summed E-state index contributed by atoms with van der Waals surface area (Å²) in [5.74, 6) is -0.237. The van der Waals surface area contributed by atoms with Crippen LogP contribution in [-0.2, 0) is 0 Å².